The van der Waals surface area contributed by atoms with E-state index in [9.17, 15) is 9.59 Å². The van der Waals surface area contributed by atoms with E-state index in [4.69, 9.17) is 19.6 Å². The van der Waals surface area contributed by atoms with Crippen LogP contribution in [-0.2, 0) is 35.7 Å². The zero-order chi connectivity index (χ0) is 42.5. The van der Waals surface area contributed by atoms with E-state index in [0.29, 0.717) is 30.1 Å². The molecule has 2 aromatic heterocycles. The van der Waals surface area contributed by atoms with Gasteiger partial charge in [-0.05, 0) is 119 Å². The summed E-state index contributed by atoms with van der Waals surface area (Å²) in [7, 11) is 8.28. The van der Waals surface area contributed by atoms with Crippen LogP contribution in [-0.4, -0.2) is 105 Å². The average Bonchev–Trinajstić information content (AvgIpc) is 4.14. The molecule has 3 aliphatic rings. The number of aldehydes is 1. The SMILES string of the molecule is C=O.CN.CNCCCC(C)c1ncc(-c2ccc(-c3ccc(-c4cnc(C5CCCN5C)[nH]4)c4c3C3(CCCC3)CC4)cc2)[nH]1.COC(=O)NCC=O.COC=O. The summed E-state index contributed by atoms with van der Waals surface area (Å²) in [6.07, 6.45) is 16.6. The second-order valence-corrected chi connectivity index (χ2v) is 14.6. The van der Waals surface area contributed by atoms with Crippen molar-refractivity contribution in [3.63, 3.8) is 0 Å². The summed E-state index contributed by atoms with van der Waals surface area (Å²) in [5, 5.41) is 5.40. The lowest BCUT2D eigenvalue weighted by atomic mass is 9.76. The molecule has 58 heavy (non-hydrogen) atoms. The molecule has 1 spiro atoms. The topological polar surface area (TPSA) is 197 Å². The Morgan fingerprint density at radius 2 is 1.64 bits per heavy atom. The molecule has 0 bridgehead atoms. The standard InChI is InChI=1S/C36H46N6.C4H7NO3.C2H4O2.CH5N.CH2O/c1-24(8-6-20-37-2)34-38-22-30(40-34)26-12-10-25(11-13-26)27-14-15-28(29-16-19-36(33(27)29)17-4-5-18-36)31-23-39-35(41-31)32-9-7-21-42(32)3;1-8-4(7)5-2-3-6;1-4-2-3;2*1-2/h10-15,22-24,32,37H,4-9,16-21H2,1-3H3,(H,38,40)(H,39,41);3H,2H2,1H3,(H,5,7);2H,1H3;2H2,1H3;1H2. The van der Waals surface area contributed by atoms with E-state index < -0.39 is 6.09 Å². The van der Waals surface area contributed by atoms with Gasteiger partial charge in [-0.15, -0.1) is 0 Å². The van der Waals surface area contributed by atoms with Gasteiger partial charge in [0.15, 0.2) is 0 Å². The van der Waals surface area contributed by atoms with E-state index in [2.05, 4.69) is 97.3 Å². The minimum atomic E-state index is -0.586. The van der Waals surface area contributed by atoms with Crippen molar-refractivity contribution in [3.8, 4) is 33.6 Å². The van der Waals surface area contributed by atoms with Gasteiger partial charge < -0.3 is 45.4 Å². The molecule has 1 saturated heterocycles. The Kier molecular flexibility index (Phi) is 20.0. The number of hydrogen-bond acceptors (Lipinski definition) is 11. The predicted octanol–water partition coefficient (Wildman–Crippen LogP) is 6.48. The van der Waals surface area contributed by atoms with Crippen LogP contribution in [0, 0.1) is 0 Å². The van der Waals surface area contributed by atoms with E-state index in [1.165, 1.54) is 94.2 Å². The number of rotatable bonds is 12. The van der Waals surface area contributed by atoms with Gasteiger partial charge in [-0.25, -0.2) is 14.8 Å². The molecular weight excluding hydrogens is 737 g/mol. The van der Waals surface area contributed by atoms with Crippen molar-refractivity contribution in [2.45, 2.75) is 88.5 Å². The minimum absolute atomic E-state index is 0.00662. The molecule has 1 saturated carbocycles. The number of nitrogens with one attached hydrogen (secondary N) is 4. The van der Waals surface area contributed by atoms with Crippen LogP contribution in [0.3, 0.4) is 0 Å². The summed E-state index contributed by atoms with van der Waals surface area (Å²) >= 11 is 0. The van der Waals surface area contributed by atoms with Crippen molar-refractivity contribution in [1.29, 1.82) is 0 Å². The fourth-order valence-corrected chi connectivity index (χ4v) is 8.43. The van der Waals surface area contributed by atoms with Crippen molar-refractivity contribution in [3.05, 3.63) is 71.6 Å². The van der Waals surface area contributed by atoms with Gasteiger partial charge in [-0.1, -0.05) is 56.2 Å². The van der Waals surface area contributed by atoms with Crippen molar-refractivity contribution >= 4 is 25.6 Å². The maximum atomic E-state index is 10.1. The number of nitrogens with two attached hydrogens (primary N) is 1. The molecule has 2 aromatic carbocycles. The average molecular weight is 801 g/mol. The summed E-state index contributed by atoms with van der Waals surface area (Å²) in [6.45, 7) is 6.85. The summed E-state index contributed by atoms with van der Waals surface area (Å²) in [5.41, 5.74) is 15.6. The molecule has 2 aliphatic carbocycles. The lowest BCUT2D eigenvalue weighted by Crippen LogP contribution is -2.24. The van der Waals surface area contributed by atoms with Gasteiger partial charge >= 0.3 is 6.09 Å². The number of likely N-dealkylation sites (tertiary alicyclic amines) is 1. The smallest absolute Gasteiger partial charge is 0.407 e. The number of amides is 1. The number of alkyl carbamates (subject to hydrolysis) is 1. The van der Waals surface area contributed by atoms with Crippen LogP contribution in [0.15, 0.2) is 48.8 Å². The number of carbonyl (C=O) groups excluding carboxylic acids is 4. The van der Waals surface area contributed by atoms with Gasteiger partial charge in [0.2, 0.25) is 0 Å². The molecule has 6 N–H and O–H groups in total. The normalized spacial score (nSPS) is 16.4. The Morgan fingerprint density at radius 3 is 2.24 bits per heavy atom. The molecule has 2 fully saturated rings. The first-order valence-corrected chi connectivity index (χ1v) is 20.1. The third kappa shape index (κ3) is 11.9. The molecular formula is C44H64N8O6. The number of hydrogen-bond donors (Lipinski definition) is 5. The number of nitrogens with zero attached hydrogens (tertiary/aromatic N) is 3. The van der Waals surface area contributed by atoms with Crippen LogP contribution in [0.25, 0.3) is 33.6 Å². The highest BCUT2D eigenvalue weighted by atomic mass is 16.5. The Labute approximate surface area is 343 Å². The fraction of sp³-hybridized carbons (Fsp3) is 0.500. The van der Waals surface area contributed by atoms with E-state index >= 15 is 0 Å². The molecule has 2 unspecified atom stereocenters. The molecule has 0 radical (unpaired) electrons. The Morgan fingerprint density at radius 1 is 0.983 bits per heavy atom. The highest BCUT2D eigenvalue weighted by Gasteiger charge is 2.43. The summed E-state index contributed by atoms with van der Waals surface area (Å²) in [5.74, 6) is 2.64. The maximum absolute atomic E-state index is 10.1. The molecule has 14 heteroatoms. The zero-order valence-corrected chi connectivity index (χ0v) is 35.2. The third-order valence-corrected chi connectivity index (χ3v) is 11.2. The lowest BCUT2D eigenvalue weighted by molar-refractivity contribution is -0.126. The molecule has 14 nitrogen and oxygen atoms in total. The number of imidazole rings is 2. The summed E-state index contributed by atoms with van der Waals surface area (Å²) < 4.78 is 8.00. The third-order valence-electron chi connectivity index (χ3n) is 11.2. The largest absolute Gasteiger partial charge is 0.471 e. The van der Waals surface area contributed by atoms with E-state index in [1.807, 2.05) is 20.0 Å². The second-order valence-electron chi connectivity index (χ2n) is 14.6. The highest BCUT2D eigenvalue weighted by molar-refractivity contribution is 5.80. The predicted molar refractivity (Wildman–Crippen MR) is 228 cm³/mol. The number of benzene rings is 2. The first-order chi connectivity index (χ1) is 28.3. The molecule has 3 heterocycles. The number of carbonyl (C=O) groups is 4. The van der Waals surface area contributed by atoms with Gasteiger partial charge in [0.05, 0.1) is 50.6 Å². The first-order valence-electron chi connectivity index (χ1n) is 20.1. The Bertz CT molecular complexity index is 1840. The Balaban J connectivity index is 0.000000485. The van der Waals surface area contributed by atoms with E-state index in [-0.39, 0.29) is 6.54 Å². The quantitative estimate of drug-likeness (QED) is 0.0777. The van der Waals surface area contributed by atoms with Crippen LogP contribution in [0.2, 0.25) is 0 Å². The maximum Gasteiger partial charge on any atom is 0.407 e. The fourth-order valence-electron chi connectivity index (χ4n) is 8.43. The van der Waals surface area contributed by atoms with Gasteiger partial charge in [0, 0.05) is 11.5 Å². The zero-order valence-electron chi connectivity index (χ0n) is 35.2. The molecule has 1 aliphatic heterocycles. The number of fused-ring (bicyclic) bond motifs is 2. The minimum Gasteiger partial charge on any atom is -0.471 e. The molecule has 4 aromatic rings. The van der Waals surface area contributed by atoms with Crippen molar-refractivity contribution < 1.29 is 28.7 Å². The van der Waals surface area contributed by atoms with Crippen LogP contribution < -0.4 is 16.4 Å². The number of ether oxygens (including phenoxy) is 2. The van der Waals surface area contributed by atoms with Crippen LogP contribution in [0.4, 0.5) is 4.79 Å². The molecule has 1 amide bonds. The van der Waals surface area contributed by atoms with E-state index in [1.54, 1.807) is 11.1 Å². The number of H-pyrrole nitrogens is 2. The highest BCUT2D eigenvalue weighted by Crippen LogP contribution is 2.55. The van der Waals surface area contributed by atoms with Gasteiger partial charge in [0.1, 0.15) is 24.7 Å². The van der Waals surface area contributed by atoms with Crippen LogP contribution in [0.5, 0.6) is 0 Å². The van der Waals surface area contributed by atoms with E-state index in [0.717, 1.165) is 49.7 Å². The van der Waals surface area contributed by atoms with Gasteiger partial charge in [-0.2, -0.15) is 0 Å². The monoisotopic (exact) mass is 800 g/mol. The number of aromatic nitrogens is 4. The molecule has 316 valence electrons. The van der Waals surface area contributed by atoms with Crippen molar-refractivity contribution in [2.75, 3.05) is 55.0 Å². The molecule has 7 rings (SSSR count). The summed E-state index contributed by atoms with van der Waals surface area (Å²) in [4.78, 5) is 56.0. The van der Waals surface area contributed by atoms with Crippen molar-refractivity contribution in [1.82, 2.24) is 35.5 Å². The summed E-state index contributed by atoms with van der Waals surface area (Å²) in [6, 6.07) is 14.4. The van der Waals surface area contributed by atoms with Gasteiger partial charge in [-0.3, -0.25) is 9.69 Å². The first kappa shape index (κ1) is 47.2. The number of aromatic amines is 2. The molecule has 2 atom stereocenters. The lowest BCUT2D eigenvalue weighted by Gasteiger charge is -2.28. The second kappa shape index (κ2) is 24.6. The Hall–Kier alpha value is -5.18. The van der Waals surface area contributed by atoms with Gasteiger partial charge in [0.25, 0.3) is 6.47 Å². The number of methoxy groups -OCH3 is 2. The van der Waals surface area contributed by atoms with Crippen LogP contribution in [0.1, 0.15) is 99.4 Å². The van der Waals surface area contributed by atoms with Crippen molar-refractivity contribution in [2.24, 2.45) is 5.73 Å². The van der Waals surface area contributed by atoms with Crippen LogP contribution >= 0.6 is 0 Å².